The van der Waals surface area contributed by atoms with Crippen molar-refractivity contribution < 1.29 is 9.13 Å². The second-order valence-electron chi connectivity index (χ2n) is 5.18. The molecule has 1 atom stereocenters. The molecule has 23 heavy (non-hydrogen) atoms. The standard InChI is InChI=1S/C14H18FN7O/c1-9(11-3-2-10(15)8-17-11)18-13-19-12(16)20-14(21-13)22-4-6-23-7-5-22/h2-3,8-9H,4-7H2,1H3,(H3,16,18,19,20,21)/t9-/m0/s1. The molecule has 3 N–H and O–H groups in total. The van der Waals surface area contributed by atoms with Crippen LogP contribution in [0.25, 0.3) is 0 Å². The minimum atomic E-state index is -0.375. The third kappa shape index (κ3) is 3.81. The van der Waals surface area contributed by atoms with Crippen LogP contribution in [0, 0.1) is 5.82 Å². The smallest absolute Gasteiger partial charge is 0.232 e. The fraction of sp³-hybridized carbons (Fsp3) is 0.429. The number of rotatable bonds is 4. The van der Waals surface area contributed by atoms with E-state index in [9.17, 15) is 4.39 Å². The first kappa shape index (κ1) is 15.3. The third-order valence-corrected chi connectivity index (χ3v) is 3.47. The Hall–Kier alpha value is -2.55. The molecular formula is C14H18FN7O. The molecule has 0 saturated carbocycles. The number of hydrogen-bond donors (Lipinski definition) is 2. The molecule has 0 bridgehead atoms. The van der Waals surface area contributed by atoms with Gasteiger partial charge in [0.25, 0.3) is 0 Å². The highest BCUT2D eigenvalue weighted by atomic mass is 19.1. The second-order valence-corrected chi connectivity index (χ2v) is 5.18. The molecule has 0 amide bonds. The van der Waals surface area contributed by atoms with E-state index < -0.39 is 0 Å². The fourth-order valence-electron chi connectivity index (χ4n) is 2.26. The summed E-state index contributed by atoms with van der Waals surface area (Å²) in [4.78, 5) is 18.7. The lowest BCUT2D eigenvalue weighted by atomic mass is 10.2. The first-order valence-electron chi connectivity index (χ1n) is 7.34. The van der Waals surface area contributed by atoms with Gasteiger partial charge in [0.15, 0.2) is 0 Å². The van der Waals surface area contributed by atoms with Gasteiger partial charge in [-0.1, -0.05) is 0 Å². The third-order valence-electron chi connectivity index (χ3n) is 3.47. The van der Waals surface area contributed by atoms with E-state index in [1.807, 2.05) is 11.8 Å². The zero-order valence-electron chi connectivity index (χ0n) is 12.7. The SMILES string of the molecule is C[C@H](Nc1nc(N)nc(N2CCOCC2)n1)c1ccc(F)cn1. The first-order chi connectivity index (χ1) is 11.1. The Bertz CT molecular complexity index is 661. The number of halogens is 1. The van der Waals surface area contributed by atoms with Gasteiger partial charge in [-0.2, -0.15) is 15.0 Å². The predicted octanol–water partition coefficient (Wildman–Crippen LogP) is 0.998. The summed E-state index contributed by atoms with van der Waals surface area (Å²) in [6.07, 6.45) is 1.18. The van der Waals surface area contributed by atoms with Crippen molar-refractivity contribution in [1.29, 1.82) is 0 Å². The molecule has 0 aliphatic carbocycles. The molecule has 1 fully saturated rings. The number of anilines is 3. The zero-order chi connectivity index (χ0) is 16.2. The molecule has 3 heterocycles. The van der Waals surface area contributed by atoms with Gasteiger partial charge in [-0.15, -0.1) is 0 Å². The van der Waals surface area contributed by atoms with E-state index in [4.69, 9.17) is 10.5 Å². The van der Waals surface area contributed by atoms with Gasteiger partial charge in [-0.05, 0) is 19.1 Å². The van der Waals surface area contributed by atoms with Crippen LogP contribution in [0.4, 0.5) is 22.2 Å². The lowest BCUT2D eigenvalue weighted by molar-refractivity contribution is 0.122. The van der Waals surface area contributed by atoms with Crippen LogP contribution < -0.4 is 16.0 Å². The number of nitrogens with two attached hydrogens (primary N) is 1. The van der Waals surface area contributed by atoms with Gasteiger partial charge < -0.3 is 20.7 Å². The summed E-state index contributed by atoms with van der Waals surface area (Å²) < 4.78 is 18.3. The zero-order valence-corrected chi connectivity index (χ0v) is 12.7. The molecule has 3 rings (SSSR count). The van der Waals surface area contributed by atoms with Gasteiger partial charge in [0.1, 0.15) is 5.82 Å². The van der Waals surface area contributed by atoms with Crippen molar-refractivity contribution in [3.05, 3.63) is 29.8 Å². The minimum absolute atomic E-state index is 0.142. The van der Waals surface area contributed by atoms with Crippen LogP contribution in [0.15, 0.2) is 18.3 Å². The first-order valence-corrected chi connectivity index (χ1v) is 7.34. The Kier molecular flexibility index (Phi) is 4.47. The molecule has 2 aromatic heterocycles. The van der Waals surface area contributed by atoms with Crippen LogP contribution in [0.5, 0.6) is 0 Å². The van der Waals surface area contributed by atoms with E-state index in [1.54, 1.807) is 6.07 Å². The molecule has 0 spiro atoms. The average molecular weight is 319 g/mol. The van der Waals surface area contributed by atoms with Crippen LogP contribution >= 0.6 is 0 Å². The Balaban J connectivity index is 1.76. The van der Waals surface area contributed by atoms with Gasteiger partial charge in [0.05, 0.1) is 31.1 Å². The Morgan fingerprint density at radius 3 is 2.74 bits per heavy atom. The summed E-state index contributed by atoms with van der Waals surface area (Å²) in [7, 11) is 0. The summed E-state index contributed by atoms with van der Waals surface area (Å²) in [5.74, 6) is 0.642. The number of pyridine rings is 1. The minimum Gasteiger partial charge on any atom is -0.378 e. The van der Waals surface area contributed by atoms with E-state index in [1.165, 1.54) is 12.3 Å². The Morgan fingerprint density at radius 2 is 2.04 bits per heavy atom. The fourth-order valence-corrected chi connectivity index (χ4v) is 2.26. The molecule has 1 aliphatic heterocycles. The topological polar surface area (TPSA) is 102 Å². The van der Waals surface area contributed by atoms with E-state index in [-0.39, 0.29) is 17.8 Å². The Labute approximate surface area is 132 Å². The molecule has 1 saturated heterocycles. The molecule has 0 aromatic carbocycles. The maximum absolute atomic E-state index is 12.9. The predicted molar refractivity (Wildman–Crippen MR) is 83.5 cm³/mol. The summed E-state index contributed by atoms with van der Waals surface area (Å²) in [6.45, 7) is 4.55. The van der Waals surface area contributed by atoms with Crippen molar-refractivity contribution in [3.63, 3.8) is 0 Å². The second kappa shape index (κ2) is 6.69. The number of hydrogen-bond acceptors (Lipinski definition) is 8. The monoisotopic (exact) mass is 319 g/mol. The highest BCUT2D eigenvalue weighted by molar-refractivity contribution is 5.43. The van der Waals surface area contributed by atoms with Crippen LogP contribution in [0.1, 0.15) is 18.7 Å². The van der Waals surface area contributed by atoms with Gasteiger partial charge in [-0.25, -0.2) is 4.39 Å². The van der Waals surface area contributed by atoms with Crippen LogP contribution in [-0.4, -0.2) is 46.2 Å². The summed E-state index contributed by atoms with van der Waals surface area (Å²) in [6, 6.07) is 2.77. The summed E-state index contributed by atoms with van der Waals surface area (Å²) in [5.41, 5.74) is 6.45. The number of ether oxygens (including phenoxy) is 1. The summed E-state index contributed by atoms with van der Waals surface area (Å²) in [5, 5.41) is 3.11. The number of aromatic nitrogens is 4. The van der Waals surface area contributed by atoms with Gasteiger partial charge in [0, 0.05) is 13.1 Å². The molecular weight excluding hydrogens is 301 g/mol. The van der Waals surface area contributed by atoms with Crippen molar-refractivity contribution in [2.45, 2.75) is 13.0 Å². The average Bonchev–Trinajstić information content (AvgIpc) is 2.55. The van der Waals surface area contributed by atoms with Crippen LogP contribution in [-0.2, 0) is 4.74 Å². The van der Waals surface area contributed by atoms with Crippen LogP contribution in [0.3, 0.4) is 0 Å². The largest absolute Gasteiger partial charge is 0.378 e. The van der Waals surface area contributed by atoms with Crippen molar-refractivity contribution in [2.75, 3.05) is 42.3 Å². The van der Waals surface area contributed by atoms with E-state index in [2.05, 4.69) is 25.3 Å². The van der Waals surface area contributed by atoms with Crippen molar-refractivity contribution in [2.24, 2.45) is 0 Å². The van der Waals surface area contributed by atoms with E-state index in [0.29, 0.717) is 43.9 Å². The molecule has 1 aliphatic rings. The molecule has 8 nitrogen and oxygen atoms in total. The maximum atomic E-state index is 12.9. The quantitative estimate of drug-likeness (QED) is 0.860. The number of nitrogens with zero attached hydrogens (tertiary/aromatic N) is 5. The van der Waals surface area contributed by atoms with Gasteiger partial charge in [0.2, 0.25) is 17.8 Å². The maximum Gasteiger partial charge on any atom is 0.232 e. The van der Waals surface area contributed by atoms with Crippen molar-refractivity contribution in [1.82, 2.24) is 19.9 Å². The highest BCUT2D eigenvalue weighted by Gasteiger charge is 2.17. The normalized spacial score (nSPS) is 16.2. The molecule has 0 unspecified atom stereocenters. The van der Waals surface area contributed by atoms with Gasteiger partial charge in [-0.3, -0.25) is 4.98 Å². The Morgan fingerprint density at radius 1 is 1.26 bits per heavy atom. The van der Waals surface area contributed by atoms with Gasteiger partial charge >= 0.3 is 0 Å². The molecule has 0 radical (unpaired) electrons. The number of nitrogens with one attached hydrogen (secondary N) is 1. The number of nitrogen functional groups attached to an aromatic ring is 1. The molecule has 2 aromatic rings. The highest BCUT2D eigenvalue weighted by Crippen LogP contribution is 2.18. The molecule has 122 valence electrons. The van der Waals surface area contributed by atoms with Crippen molar-refractivity contribution >= 4 is 17.8 Å². The van der Waals surface area contributed by atoms with Crippen molar-refractivity contribution in [3.8, 4) is 0 Å². The lowest BCUT2D eigenvalue weighted by Gasteiger charge is -2.27. The van der Waals surface area contributed by atoms with E-state index in [0.717, 1.165) is 0 Å². The summed E-state index contributed by atoms with van der Waals surface area (Å²) >= 11 is 0. The number of morpholine rings is 1. The van der Waals surface area contributed by atoms with Crippen LogP contribution in [0.2, 0.25) is 0 Å². The molecule has 9 heteroatoms. The lowest BCUT2D eigenvalue weighted by Crippen LogP contribution is -2.37. The van der Waals surface area contributed by atoms with E-state index >= 15 is 0 Å².